The van der Waals surface area contributed by atoms with Gasteiger partial charge in [-0.3, -0.25) is 14.2 Å². The van der Waals surface area contributed by atoms with Crippen LogP contribution >= 0.6 is 15.9 Å². The van der Waals surface area contributed by atoms with Crippen LogP contribution in [0.1, 0.15) is 0 Å². The van der Waals surface area contributed by atoms with Crippen LogP contribution in [0, 0.1) is 0 Å². The van der Waals surface area contributed by atoms with Gasteiger partial charge in [0, 0.05) is 40.1 Å². The summed E-state index contributed by atoms with van der Waals surface area (Å²) in [5, 5.41) is 1.98. The number of fused-ring (bicyclic) bond motifs is 3. The molecule has 0 unspecified atom stereocenters. The highest BCUT2D eigenvalue weighted by atomic mass is 79.9. The third-order valence-corrected chi connectivity index (χ3v) is 4.08. The van der Waals surface area contributed by atoms with Crippen molar-refractivity contribution in [2.24, 2.45) is 0 Å². The highest BCUT2D eigenvalue weighted by Gasteiger charge is 2.08. The molecule has 0 saturated carbocycles. The maximum Gasteiger partial charge on any atom is 0.258 e. The molecule has 4 aromatic rings. The smallest absolute Gasteiger partial charge is 0.258 e. The summed E-state index contributed by atoms with van der Waals surface area (Å²) in [5.41, 5.74) is 2.08. The quantitative estimate of drug-likeness (QED) is 0.491. The Hall–Kier alpha value is -2.53. The SMILES string of the molecule is O=c1cc(-c2ccncc2)nc2c3cc(Br)ccc3ccn12. The Labute approximate surface area is 134 Å². The summed E-state index contributed by atoms with van der Waals surface area (Å²) in [6.45, 7) is 0. The summed E-state index contributed by atoms with van der Waals surface area (Å²) in [6.07, 6.45) is 5.15. The second kappa shape index (κ2) is 5.03. The maximum atomic E-state index is 12.4. The van der Waals surface area contributed by atoms with Crippen molar-refractivity contribution in [1.82, 2.24) is 14.4 Å². The molecule has 1 aromatic carbocycles. The Balaban J connectivity index is 2.13. The normalized spacial score (nSPS) is 11.1. The first-order chi connectivity index (χ1) is 10.7. The number of halogens is 1. The van der Waals surface area contributed by atoms with Gasteiger partial charge in [0.1, 0.15) is 5.65 Å². The van der Waals surface area contributed by atoms with Crippen molar-refractivity contribution in [3.05, 3.63) is 75.9 Å². The van der Waals surface area contributed by atoms with E-state index >= 15 is 0 Å². The fourth-order valence-electron chi connectivity index (χ4n) is 2.52. The monoisotopic (exact) mass is 351 g/mol. The van der Waals surface area contributed by atoms with Crippen LogP contribution in [0.4, 0.5) is 0 Å². The molecule has 0 bridgehead atoms. The molecule has 0 aliphatic rings. The molecule has 0 atom stereocenters. The molecular weight excluding hydrogens is 342 g/mol. The lowest BCUT2D eigenvalue weighted by Crippen LogP contribution is -2.14. The van der Waals surface area contributed by atoms with Gasteiger partial charge in [0.2, 0.25) is 0 Å². The van der Waals surface area contributed by atoms with Crippen LogP contribution in [0.25, 0.3) is 27.7 Å². The summed E-state index contributed by atoms with van der Waals surface area (Å²) >= 11 is 3.48. The van der Waals surface area contributed by atoms with E-state index in [9.17, 15) is 4.79 Å². The molecule has 0 aliphatic heterocycles. The molecule has 4 rings (SSSR count). The number of pyridine rings is 2. The molecule has 3 aromatic heterocycles. The Kier molecular flexibility index (Phi) is 3.01. The van der Waals surface area contributed by atoms with Crippen LogP contribution in [0.3, 0.4) is 0 Å². The lowest BCUT2D eigenvalue weighted by molar-refractivity contribution is 1.06. The van der Waals surface area contributed by atoms with Crippen molar-refractivity contribution in [2.45, 2.75) is 0 Å². The van der Waals surface area contributed by atoms with E-state index in [1.165, 1.54) is 0 Å². The average Bonchev–Trinajstić information content (AvgIpc) is 2.55. The van der Waals surface area contributed by atoms with Gasteiger partial charge in [-0.1, -0.05) is 22.0 Å². The number of benzene rings is 1. The minimum atomic E-state index is -0.0984. The molecule has 5 heteroatoms. The van der Waals surface area contributed by atoms with Gasteiger partial charge in [0.15, 0.2) is 0 Å². The Morgan fingerprint density at radius 2 is 1.82 bits per heavy atom. The molecule has 106 valence electrons. The lowest BCUT2D eigenvalue weighted by Gasteiger charge is -2.07. The van der Waals surface area contributed by atoms with Crippen molar-refractivity contribution in [2.75, 3.05) is 0 Å². The first kappa shape index (κ1) is 13.2. The minimum absolute atomic E-state index is 0.0984. The van der Waals surface area contributed by atoms with Crippen molar-refractivity contribution >= 4 is 32.3 Å². The van der Waals surface area contributed by atoms with Gasteiger partial charge in [0.25, 0.3) is 5.56 Å². The van der Waals surface area contributed by atoms with Crippen LogP contribution < -0.4 is 5.56 Å². The van der Waals surface area contributed by atoms with Gasteiger partial charge in [-0.05, 0) is 35.7 Å². The second-order valence-corrected chi connectivity index (χ2v) is 5.87. The molecule has 0 fully saturated rings. The second-order valence-electron chi connectivity index (χ2n) is 4.96. The number of nitrogens with zero attached hydrogens (tertiary/aromatic N) is 3. The zero-order chi connectivity index (χ0) is 15.1. The maximum absolute atomic E-state index is 12.4. The van der Waals surface area contributed by atoms with E-state index in [-0.39, 0.29) is 5.56 Å². The predicted octanol–water partition coefficient (Wildman–Crippen LogP) is 3.67. The molecule has 0 spiro atoms. The van der Waals surface area contributed by atoms with Gasteiger partial charge in [-0.25, -0.2) is 4.98 Å². The van der Waals surface area contributed by atoms with Gasteiger partial charge in [-0.2, -0.15) is 0 Å². The van der Waals surface area contributed by atoms with E-state index < -0.39 is 0 Å². The van der Waals surface area contributed by atoms with Crippen molar-refractivity contribution in [1.29, 1.82) is 0 Å². The summed E-state index contributed by atoms with van der Waals surface area (Å²) in [5.74, 6) is 0. The molecular formula is C17H10BrN3O. The minimum Gasteiger partial charge on any atom is -0.269 e. The van der Waals surface area contributed by atoms with Crippen molar-refractivity contribution < 1.29 is 0 Å². The Bertz CT molecular complexity index is 1060. The zero-order valence-electron chi connectivity index (χ0n) is 11.4. The molecule has 0 saturated heterocycles. The zero-order valence-corrected chi connectivity index (χ0v) is 13.0. The number of hydrogen-bond donors (Lipinski definition) is 0. The molecule has 22 heavy (non-hydrogen) atoms. The topological polar surface area (TPSA) is 47.3 Å². The highest BCUT2D eigenvalue weighted by Crippen LogP contribution is 2.24. The van der Waals surface area contributed by atoms with E-state index in [1.54, 1.807) is 29.1 Å². The molecule has 3 heterocycles. The van der Waals surface area contributed by atoms with Crippen LogP contribution in [0.15, 0.2) is 70.3 Å². The number of rotatable bonds is 1. The number of hydrogen-bond acceptors (Lipinski definition) is 3. The Morgan fingerprint density at radius 1 is 1.00 bits per heavy atom. The molecule has 0 radical (unpaired) electrons. The number of aromatic nitrogens is 3. The summed E-state index contributed by atoms with van der Waals surface area (Å²) < 4.78 is 2.52. The van der Waals surface area contributed by atoms with Crippen molar-refractivity contribution in [3.8, 4) is 11.3 Å². The average molecular weight is 352 g/mol. The van der Waals surface area contributed by atoms with Crippen LogP contribution in [0.2, 0.25) is 0 Å². The van der Waals surface area contributed by atoms with E-state index in [1.807, 2.05) is 36.4 Å². The van der Waals surface area contributed by atoms with E-state index in [0.717, 1.165) is 20.8 Å². The third-order valence-electron chi connectivity index (χ3n) is 3.59. The van der Waals surface area contributed by atoms with Gasteiger partial charge < -0.3 is 0 Å². The summed E-state index contributed by atoms with van der Waals surface area (Å²) in [4.78, 5) is 21.1. The summed E-state index contributed by atoms with van der Waals surface area (Å²) in [7, 11) is 0. The van der Waals surface area contributed by atoms with E-state index in [0.29, 0.717) is 11.3 Å². The lowest BCUT2D eigenvalue weighted by atomic mass is 10.1. The fraction of sp³-hybridized carbons (Fsp3) is 0. The fourth-order valence-corrected chi connectivity index (χ4v) is 2.88. The molecule has 0 amide bonds. The van der Waals surface area contributed by atoms with Gasteiger partial charge >= 0.3 is 0 Å². The molecule has 4 nitrogen and oxygen atoms in total. The van der Waals surface area contributed by atoms with Gasteiger partial charge in [-0.15, -0.1) is 0 Å². The predicted molar refractivity (Wildman–Crippen MR) is 89.9 cm³/mol. The first-order valence-electron chi connectivity index (χ1n) is 6.74. The molecule has 0 N–H and O–H groups in total. The van der Waals surface area contributed by atoms with E-state index in [4.69, 9.17) is 0 Å². The van der Waals surface area contributed by atoms with Crippen LogP contribution in [-0.4, -0.2) is 14.4 Å². The molecule has 0 aliphatic carbocycles. The Morgan fingerprint density at radius 3 is 2.64 bits per heavy atom. The van der Waals surface area contributed by atoms with Crippen molar-refractivity contribution in [3.63, 3.8) is 0 Å². The third kappa shape index (κ3) is 2.10. The van der Waals surface area contributed by atoms with E-state index in [2.05, 4.69) is 25.9 Å². The standard InChI is InChI=1S/C17H10BrN3O/c18-13-2-1-11-5-8-21-16(22)10-15(12-3-6-19-7-4-12)20-17(21)14(11)9-13/h1-10H. The van der Waals surface area contributed by atoms with Gasteiger partial charge in [0.05, 0.1) is 5.69 Å². The highest BCUT2D eigenvalue weighted by molar-refractivity contribution is 9.10. The van der Waals surface area contributed by atoms with Crippen LogP contribution in [-0.2, 0) is 0 Å². The van der Waals surface area contributed by atoms with Crippen LogP contribution in [0.5, 0.6) is 0 Å². The first-order valence-corrected chi connectivity index (χ1v) is 7.54. The summed E-state index contributed by atoms with van der Waals surface area (Å²) in [6, 6.07) is 13.1. The largest absolute Gasteiger partial charge is 0.269 e.